The van der Waals surface area contributed by atoms with Gasteiger partial charge in [0.05, 0.1) is 4.92 Å². The zero-order chi connectivity index (χ0) is 11.5. The van der Waals surface area contributed by atoms with Crippen LogP contribution in [0.1, 0.15) is 12.5 Å². The zero-order valence-electron chi connectivity index (χ0n) is 8.80. The van der Waals surface area contributed by atoms with Gasteiger partial charge in [0.1, 0.15) is 13.2 Å². The summed E-state index contributed by atoms with van der Waals surface area (Å²) in [6.07, 6.45) is 1.50. The maximum absolute atomic E-state index is 10.5. The Morgan fingerprint density at radius 2 is 2.06 bits per heavy atom. The molecule has 0 unspecified atom stereocenters. The lowest BCUT2D eigenvalue weighted by atomic mass is 10.1. The quantitative estimate of drug-likeness (QED) is 0.566. The standard InChI is InChI=1S/C11H11NO4/c1-8(12(13)14)6-9-2-3-10-11(7-9)16-5-4-15-10/h2-3,6-7H,4-5H2,1H3/b8-6-. The van der Waals surface area contributed by atoms with Crippen molar-refractivity contribution in [3.8, 4) is 11.5 Å². The Morgan fingerprint density at radius 3 is 2.75 bits per heavy atom. The Morgan fingerprint density at radius 1 is 1.38 bits per heavy atom. The molecule has 0 N–H and O–H groups in total. The molecule has 1 heterocycles. The first kappa shape index (κ1) is 10.5. The third-order valence-electron chi connectivity index (χ3n) is 2.23. The molecule has 0 atom stereocenters. The average Bonchev–Trinajstić information content (AvgIpc) is 2.28. The fourth-order valence-corrected chi connectivity index (χ4v) is 1.44. The molecular weight excluding hydrogens is 210 g/mol. The van der Waals surface area contributed by atoms with Gasteiger partial charge in [-0.1, -0.05) is 6.07 Å². The van der Waals surface area contributed by atoms with Crippen LogP contribution in [0, 0.1) is 10.1 Å². The minimum atomic E-state index is -0.420. The van der Waals surface area contributed by atoms with Gasteiger partial charge in [-0.2, -0.15) is 0 Å². The van der Waals surface area contributed by atoms with E-state index in [0.29, 0.717) is 24.7 Å². The molecule has 0 amide bonds. The van der Waals surface area contributed by atoms with Gasteiger partial charge < -0.3 is 9.47 Å². The van der Waals surface area contributed by atoms with Crippen molar-refractivity contribution in [2.24, 2.45) is 0 Å². The molecule has 0 aromatic heterocycles. The number of rotatable bonds is 2. The van der Waals surface area contributed by atoms with Crippen molar-refractivity contribution in [2.75, 3.05) is 13.2 Å². The molecule has 0 saturated heterocycles. The third-order valence-corrected chi connectivity index (χ3v) is 2.23. The Labute approximate surface area is 92.4 Å². The molecular formula is C11H11NO4. The highest BCUT2D eigenvalue weighted by atomic mass is 16.6. The summed E-state index contributed by atoms with van der Waals surface area (Å²) in [5, 5.41) is 10.5. The number of fused-ring (bicyclic) bond motifs is 1. The lowest BCUT2D eigenvalue weighted by molar-refractivity contribution is -0.422. The van der Waals surface area contributed by atoms with Crippen molar-refractivity contribution in [3.63, 3.8) is 0 Å². The summed E-state index contributed by atoms with van der Waals surface area (Å²) >= 11 is 0. The second kappa shape index (κ2) is 4.22. The van der Waals surface area contributed by atoms with Crippen LogP contribution < -0.4 is 9.47 Å². The van der Waals surface area contributed by atoms with Gasteiger partial charge in [0.25, 0.3) is 0 Å². The van der Waals surface area contributed by atoms with Crippen LogP contribution in [0.5, 0.6) is 11.5 Å². The van der Waals surface area contributed by atoms with Crippen LogP contribution >= 0.6 is 0 Å². The Bertz CT molecular complexity index is 453. The lowest BCUT2D eigenvalue weighted by Crippen LogP contribution is -2.15. The van der Waals surface area contributed by atoms with Crippen molar-refractivity contribution < 1.29 is 14.4 Å². The van der Waals surface area contributed by atoms with Gasteiger partial charge >= 0.3 is 0 Å². The number of hydrogen-bond acceptors (Lipinski definition) is 4. The van der Waals surface area contributed by atoms with Gasteiger partial charge in [-0.25, -0.2) is 0 Å². The minimum Gasteiger partial charge on any atom is -0.486 e. The highest BCUT2D eigenvalue weighted by Gasteiger charge is 2.11. The summed E-state index contributed by atoms with van der Waals surface area (Å²) in [6, 6.07) is 5.26. The highest BCUT2D eigenvalue weighted by molar-refractivity contribution is 5.57. The molecule has 0 radical (unpaired) electrons. The van der Waals surface area contributed by atoms with E-state index < -0.39 is 4.92 Å². The Kier molecular flexibility index (Phi) is 2.76. The summed E-state index contributed by atoms with van der Waals surface area (Å²) in [6.45, 7) is 2.50. The molecule has 0 spiro atoms. The van der Waals surface area contributed by atoms with E-state index in [1.165, 1.54) is 13.0 Å². The van der Waals surface area contributed by atoms with E-state index in [9.17, 15) is 10.1 Å². The first-order chi connectivity index (χ1) is 7.66. The summed E-state index contributed by atoms with van der Waals surface area (Å²) < 4.78 is 10.7. The molecule has 1 aromatic carbocycles. The molecule has 0 saturated carbocycles. The van der Waals surface area contributed by atoms with E-state index in [4.69, 9.17) is 9.47 Å². The molecule has 2 rings (SSSR count). The summed E-state index contributed by atoms with van der Waals surface area (Å²) in [7, 11) is 0. The molecule has 1 aromatic rings. The van der Waals surface area contributed by atoms with Crippen molar-refractivity contribution in [1.82, 2.24) is 0 Å². The van der Waals surface area contributed by atoms with Crippen LogP contribution in [0.2, 0.25) is 0 Å². The number of nitrogens with zero attached hydrogens (tertiary/aromatic N) is 1. The molecule has 16 heavy (non-hydrogen) atoms. The predicted octanol–water partition coefficient (Wildman–Crippen LogP) is 2.10. The first-order valence-corrected chi connectivity index (χ1v) is 4.89. The number of benzene rings is 1. The highest BCUT2D eigenvalue weighted by Crippen LogP contribution is 2.31. The number of nitro groups is 1. The number of hydrogen-bond donors (Lipinski definition) is 0. The Hall–Kier alpha value is -2.04. The van der Waals surface area contributed by atoms with Gasteiger partial charge in [0.15, 0.2) is 11.5 Å². The van der Waals surface area contributed by atoms with Crippen LogP contribution in [0.4, 0.5) is 0 Å². The van der Waals surface area contributed by atoms with E-state index in [2.05, 4.69) is 0 Å². The fourth-order valence-electron chi connectivity index (χ4n) is 1.44. The topological polar surface area (TPSA) is 61.6 Å². The molecule has 1 aliphatic heterocycles. The van der Waals surface area contributed by atoms with Gasteiger partial charge in [-0.3, -0.25) is 10.1 Å². The summed E-state index contributed by atoms with van der Waals surface area (Å²) in [4.78, 5) is 10.1. The van der Waals surface area contributed by atoms with Crippen LogP contribution in [0.3, 0.4) is 0 Å². The smallest absolute Gasteiger partial charge is 0.243 e. The van der Waals surface area contributed by atoms with Crippen LogP contribution in [-0.4, -0.2) is 18.1 Å². The van der Waals surface area contributed by atoms with E-state index >= 15 is 0 Å². The van der Waals surface area contributed by atoms with Crippen molar-refractivity contribution >= 4 is 6.08 Å². The van der Waals surface area contributed by atoms with Crippen molar-refractivity contribution in [3.05, 3.63) is 39.6 Å². The SMILES string of the molecule is C/C(=C/c1ccc2c(c1)OCCO2)[N+](=O)[O-]. The maximum Gasteiger partial charge on any atom is 0.243 e. The molecule has 0 fully saturated rings. The molecule has 1 aliphatic rings. The first-order valence-electron chi connectivity index (χ1n) is 4.89. The van der Waals surface area contributed by atoms with E-state index in [1.807, 2.05) is 0 Å². The third kappa shape index (κ3) is 2.13. The van der Waals surface area contributed by atoms with Gasteiger partial charge in [0.2, 0.25) is 5.70 Å². The van der Waals surface area contributed by atoms with Crippen molar-refractivity contribution in [1.29, 1.82) is 0 Å². The van der Waals surface area contributed by atoms with E-state index in [1.54, 1.807) is 18.2 Å². The van der Waals surface area contributed by atoms with Crippen LogP contribution in [0.25, 0.3) is 6.08 Å². The van der Waals surface area contributed by atoms with Crippen LogP contribution in [0.15, 0.2) is 23.9 Å². The zero-order valence-corrected chi connectivity index (χ0v) is 8.80. The van der Waals surface area contributed by atoms with Gasteiger partial charge in [0, 0.05) is 13.0 Å². The van der Waals surface area contributed by atoms with E-state index in [0.717, 1.165) is 5.56 Å². The summed E-state index contributed by atoms with van der Waals surface area (Å²) in [5.74, 6) is 1.32. The van der Waals surface area contributed by atoms with E-state index in [-0.39, 0.29) is 5.70 Å². The molecule has 0 aliphatic carbocycles. The largest absolute Gasteiger partial charge is 0.486 e. The molecule has 5 nitrogen and oxygen atoms in total. The lowest BCUT2D eigenvalue weighted by Gasteiger charge is -2.18. The second-order valence-electron chi connectivity index (χ2n) is 3.45. The molecule has 5 heteroatoms. The Balaban J connectivity index is 2.30. The van der Waals surface area contributed by atoms with Crippen LogP contribution in [-0.2, 0) is 0 Å². The van der Waals surface area contributed by atoms with Crippen molar-refractivity contribution in [2.45, 2.75) is 6.92 Å². The number of allylic oxidation sites excluding steroid dienone is 1. The second-order valence-corrected chi connectivity index (χ2v) is 3.45. The maximum atomic E-state index is 10.5. The summed E-state index contributed by atoms with van der Waals surface area (Å²) in [5.41, 5.74) is 0.829. The fraction of sp³-hybridized carbons (Fsp3) is 0.273. The predicted molar refractivity (Wildman–Crippen MR) is 58.1 cm³/mol. The number of ether oxygens (including phenoxy) is 2. The monoisotopic (exact) mass is 221 g/mol. The van der Waals surface area contributed by atoms with Gasteiger partial charge in [-0.05, 0) is 17.7 Å². The molecule has 0 bridgehead atoms. The van der Waals surface area contributed by atoms with Gasteiger partial charge in [-0.15, -0.1) is 0 Å². The average molecular weight is 221 g/mol. The normalized spacial score (nSPS) is 14.7. The molecule has 84 valence electrons. The minimum absolute atomic E-state index is 0.0941.